The van der Waals surface area contributed by atoms with Gasteiger partial charge in [0.15, 0.2) is 0 Å². The second-order valence-electron chi connectivity index (χ2n) is 5.77. The number of hydrogen-bond donors (Lipinski definition) is 2. The molecule has 0 bridgehead atoms. The maximum Gasteiger partial charge on any atom is 0.104 e. The molecule has 0 heterocycles. The Kier molecular flexibility index (Phi) is 3.62. The van der Waals surface area contributed by atoms with E-state index in [1.807, 2.05) is 12.1 Å². The van der Waals surface area contributed by atoms with Gasteiger partial charge in [-0.05, 0) is 42.2 Å². The number of nitrogens with one attached hydrogen (secondary N) is 1. The Morgan fingerprint density at radius 3 is 2.60 bits per heavy atom. The average molecular weight is 284 g/mol. The van der Waals surface area contributed by atoms with E-state index < -0.39 is 0 Å². The first-order valence-electron chi connectivity index (χ1n) is 7.22. The lowest BCUT2D eigenvalue weighted by Crippen LogP contribution is -2.14. The Bertz CT molecular complexity index is 646. The van der Waals surface area contributed by atoms with Gasteiger partial charge in [-0.25, -0.2) is 0 Å². The summed E-state index contributed by atoms with van der Waals surface area (Å²) in [4.78, 5) is 0.457. The topological polar surface area (TPSA) is 38.0 Å². The lowest BCUT2D eigenvalue weighted by Gasteiger charge is -2.15. The molecule has 1 aliphatic carbocycles. The van der Waals surface area contributed by atoms with Crippen LogP contribution in [0.1, 0.15) is 25.3 Å². The fraction of sp³-hybridized carbons (Fsp3) is 0.353. The van der Waals surface area contributed by atoms with Gasteiger partial charge in [-0.1, -0.05) is 43.4 Å². The number of hydrogen-bond acceptors (Lipinski definition) is 2. The number of benzene rings is 2. The van der Waals surface area contributed by atoms with Crippen molar-refractivity contribution in [2.24, 2.45) is 17.6 Å². The van der Waals surface area contributed by atoms with Gasteiger partial charge in [0, 0.05) is 23.2 Å². The minimum Gasteiger partial charge on any atom is -0.389 e. The van der Waals surface area contributed by atoms with Crippen LogP contribution in [0.5, 0.6) is 0 Å². The molecule has 0 spiro atoms. The first kappa shape index (κ1) is 13.4. The second kappa shape index (κ2) is 5.41. The third-order valence-corrected chi connectivity index (χ3v) is 4.45. The molecule has 0 amide bonds. The van der Waals surface area contributed by atoms with Crippen LogP contribution in [0.25, 0.3) is 10.8 Å². The van der Waals surface area contributed by atoms with Crippen LogP contribution in [-0.4, -0.2) is 11.5 Å². The summed E-state index contributed by atoms with van der Waals surface area (Å²) in [5, 5.41) is 5.91. The molecule has 1 unspecified atom stereocenters. The van der Waals surface area contributed by atoms with Gasteiger partial charge in [0.1, 0.15) is 4.99 Å². The summed E-state index contributed by atoms with van der Waals surface area (Å²) in [5.41, 5.74) is 7.94. The normalized spacial score (nSPS) is 16.1. The highest BCUT2D eigenvalue weighted by molar-refractivity contribution is 7.80. The van der Waals surface area contributed by atoms with Crippen molar-refractivity contribution in [3.05, 3.63) is 42.0 Å². The summed E-state index contributed by atoms with van der Waals surface area (Å²) in [6.07, 6.45) is 2.79. The largest absolute Gasteiger partial charge is 0.389 e. The first-order valence-corrected chi connectivity index (χ1v) is 7.63. The predicted octanol–water partition coefficient (Wildman–Crippen LogP) is 3.93. The molecule has 104 valence electrons. The highest BCUT2D eigenvalue weighted by Crippen LogP contribution is 2.37. The molecule has 2 nitrogen and oxygen atoms in total. The number of fused-ring (bicyclic) bond motifs is 1. The Balaban J connectivity index is 1.91. The second-order valence-corrected chi connectivity index (χ2v) is 6.21. The molecule has 0 saturated heterocycles. The molecule has 20 heavy (non-hydrogen) atoms. The molecule has 3 N–H and O–H groups in total. The Morgan fingerprint density at radius 1 is 1.25 bits per heavy atom. The summed E-state index contributed by atoms with van der Waals surface area (Å²) in [6, 6.07) is 12.4. The van der Waals surface area contributed by atoms with E-state index in [-0.39, 0.29) is 0 Å². The van der Waals surface area contributed by atoms with Crippen LogP contribution < -0.4 is 11.1 Å². The monoisotopic (exact) mass is 284 g/mol. The van der Waals surface area contributed by atoms with Gasteiger partial charge in [0.25, 0.3) is 0 Å². The quantitative estimate of drug-likeness (QED) is 0.817. The summed E-state index contributed by atoms with van der Waals surface area (Å²) in [5.74, 6) is 1.66. The minimum absolute atomic E-state index is 0.457. The minimum atomic E-state index is 0.457. The lowest BCUT2D eigenvalue weighted by atomic mass is 10.0. The Hall–Kier alpha value is -1.61. The molecule has 0 radical (unpaired) electrons. The van der Waals surface area contributed by atoms with Crippen LogP contribution in [0, 0.1) is 11.8 Å². The molecule has 3 heteroatoms. The van der Waals surface area contributed by atoms with Crippen LogP contribution in [0.2, 0.25) is 0 Å². The van der Waals surface area contributed by atoms with Crippen LogP contribution in [0.4, 0.5) is 5.69 Å². The third-order valence-electron chi connectivity index (χ3n) is 4.23. The zero-order valence-corrected chi connectivity index (χ0v) is 12.5. The average Bonchev–Trinajstić information content (AvgIpc) is 3.28. The van der Waals surface area contributed by atoms with E-state index in [1.54, 1.807) is 0 Å². The molecule has 1 atom stereocenters. The molecule has 2 aromatic rings. The molecule has 1 fully saturated rings. The number of rotatable bonds is 5. The van der Waals surface area contributed by atoms with Crippen molar-refractivity contribution in [2.45, 2.75) is 19.8 Å². The summed E-state index contributed by atoms with van der Waals surface area (Å²) in [7, 11) is 0. The van der Waals surface area contributed by atoms with Crippen molar-refractivity contribution >= 4 is 33.7 Å². The molecule has 1 aliphatic rings. The van der Waals surface area contributed by atoms with Gasteiger partial charge < -0.3 is 11.1 Å². The van der Waals surface area contributed by atoms with E-state index >= 15 is 0 Å². The number of nitrogens with two attached hydrogens (primary N) is 1. The van der Waals surface area contributed by atoms with E-state index in [9.17, 15) is 0 Å². The maximum absolute atomic E-state index is 5.81. The van der Waals surface area contributed by atoms with Gasteiger partial charge in [-0.3, -0.25) is 0 Å². The smallest absolute Gasteiger partial charge is 0.104 e. The summed E-state index contributed by atoms with van der Waals surface area (Å²) < 4.78 is 0. The van der Waals surface area contributed by atoms with E-state index in [1.165, 1.54) is 23.9 Å². The Morgan fingerprint density at radius 2 is 1.95 bits per heavy atom. The number of anilines is 1. The van der Waals surface area contributed by atoms with Crippen LogP contribution >= 0.6 is 12.2 Å². The molecule has 0 aromatic heterocycles. The van der Waals surface area contributed by atoms with E-state index in [0.29, 0.717) is 4.99 Å². The SMILES string of the molecule is CC(CNc1ccc(C(N)=S)c2ccccc12)C1CC1. The van der Waals surface area contributed by atoms with Gasteiger partial charge in [-0.2, -0.15) is 0 Å². The number of thiocarbonyl (C=S) groups is 1. The zero-order valence-electron chi connectivity index (χ0n) is 11.7. The Labute approximate surface area is 125 Å². The van der Waals surface area contributed by atoms with Crippen molar-refractivity contribution in [3.63, 3.8) is 0 Å². The van der Waals surface area contributed by atoms with Gasteiger partial charge >= 0.3 is 0 Å². The van der Waals surface area contributed by atoms with Crippen LogP contribution in [0.3, 0.4) is 0 Å². The van der Waals surface area contributed by atoms with Crippen molar-refractivity contribution in [2.75, 3.05) is 11.9 Å². The molecule has 1 saturated carbocycles. The fourth-order valence-electron chi connectivity index (χ4n) is 2.77. The van der Waals surface area contributed by atoms with E-state index in [2.05, 4.69) is 36.5 Å². The summed E-state index contributed by atoms with van der Waals surface area (Å²) in [6.45, 7) is 3.36. The zero-order chi connectivity index (χ0) is 14.1. The van der Waals surface area contributed by atoms with Crippen LogP contribution in [-0.2, 0) is 0 Å². The van der Waals surface area contributed by atoms with Gasteiger partial charge in [-0.15, -0.1) is 0 Å². The molecule has 3 rings (SSSR count). The maximum atomic E-state index is 5.81. The van der Waals surface area contributed by atoms with E-state index in [4.69, 9.17) is 18.0 Å². The molecular weight excluding hydrogens is 264 g/mol. The van der Waals surface area contributed by atoms with E-state index in [0.717, 1.165) is 29.3 Å². The standard InChI is InChI=1S/C17H20N2S/c1-11(12-6-7-12)10-19-16-9-8-15(17(18)20)13-4-2-3-5-14(13)16/h2-5,8-9,11-12,19H,6-7,10H2,1H3,(H2,18,20). The van der Waals surface area contributed by atoms with Crippen LogP contribution in [0.15, 0.2) is 36.4 Å². The third kappa shape index (κ3) is 2.63. The predicted molar refractivity (Wildman–Crippen MR) is 90.2 cm³/mol. The van der Waals surface area contributed by atoms with Crippen molar-refractivity contribution in [1.82, 2.24) is 0 Å². The fourth-order valence-corrected chi connectivity index (χ4v) is 2.95. The van der Waals surface area contributed by atoms with Crippen molar-refractivity contribution < 1.29 is 0 Å². The van der Waals surface area contributed by atoms with Crippen molar-refractivity contribution in [1.29, 1.82) is 0 Å². The lowest BCUT2D eigenvalue weighted by molar-refractivity contribution is 0.537. The van der Waals surface area contributed by atoms with Gasteiger partial charge in [0.2, 0.25) is 0 Å². The van der Waals surface area contributed by atoms with Crippen molar-refractivity contribution in [3.8, 4) is 0 Å². The molecular formula is C17H20N2S. The van der Waals surface area contributed by atoms with Gasteiger partial charge in [0.05, 0.1) is 0 Å². The molecule has 0 aliphatic heterocycles. The molecule has 2 aromatic carbocycles. The highest BCUT2D eigenvalue weighted by Gasteiger charge is 2.27. The first-order chi connectivity index (χ1) is 9.66. The highest BCUT2D eigenvalue weighted by atomic mass is 32.1. The summed E-state index contributed by atoms with van der Waals surface area (Å²) >= 11 is 5.14.